The molecule has 19 heavy (non-hydrogen) atoms. The van der Waals surface area contributed by atoms with E-state index >= 15 is 0 Å². The third-order valence-corrected chi connectivity index (χ3v) is 3.60. The van der Waals surface area contributed by atoms with Crippen LogP contribution in [0.1, 0.15) is 27.7 Å². The van der Waals surface area contributed by atoms with E-state index in [1.54, 1.807) is 13.8 Å². The molecule has 0 radical (unpaired) electrons. The van der Waals surface area contributed by atoms with E-state index in [4.69, 9.17) is 10.8 Å². The molecule has 1 aliphatic rings. The highest BCUT2D eigenvalue weighted by Gasteiger charge is 2.66. The number of rotatable bonds is 6. The number of carboxylic acid groups (broad SMARTS) is 1. The first kappa shape index (κ1) is 15.5. The van der Waals surface area contributed by atoms with Crippen molar-refractivity contribution < 1.29 is 19.5 Å². The van der Waals surface area contributed by atoms with Gasteiger partial charge in [-0.3, -0.25) is 14.4 Å². The van der Waals surface area contributed by atoms with Gasteiger partial charge < -0.3 is 15.7 Å². The lowest BCUT2D eigenvalue weighted by Gasteiger charge is -2.23. The van der Waals surface area contributed by atoms with E-state index in [1.165, 1.54) is 4.90 Å². The molecule has 2 unspecified atom stereocenters. The molecular weight excluding hydrogens is 248 g/mol. The van der Waals surface area contributed by atoms with Gasteiger partial charge in [0.1, 0.15) is 0 Å². The van der Waals surface area contributed by atoms with Crippen molar-refractivity contribution in [2.75, 3.05) is 13.1 Å². The Morgan fingerprint density at radius 1 is 1.26 bits per heavy atom. The van der Waals surface area contributed by atoms with E-state index in [0.29, 0.717) is 6.54 Å². The van der Waals surface area contributed by atoms with Crippen LogP contribution in [0.25, 0.3) is 0 Å². The number of amides is 2. The SMILES string of the molecule is CC(C)CN(CC(N)=O)C(=O)C1C(C(=O)O)C1(C)C. The summed E-state index contributed by atoms with van der Waals surface area (Å²) in [6.07, 6.45) is 0. The smallest absolute Gasteiger partial charge is 0.307 e. The first-order valence-corrected chi connectivity index (χ1v) is 6.39. The highest BCUT2D eigenvalue weighted by molar-refractivity contribution is 5.93. The second-order valence-corrected chi connectivity index (χ2v) is 6.19. The van der Waals surface area contributed by atoms with Gasteiger partial charge in [0.05, 0.1) is 18.4 Å². The molecule has 0 aromatic carbocycles. The maximum absolute atomic E-state index is 12.4. The largest absolute Gasteiger partial charge is 0.481 e. The minimum Gasteiger partial charge on any atom is -0.481 e. The standard InChI is InChI=1S/C13H22N2O4/c1-7(2)5-15(6-8(14)16)11(17)9-10(12(18)19)13(9,3)4/h7,9-10H,5-6H2,1-4H3,(H2,14,16)(H,18,19). The predicted molar refractivity (Wildman–Crippen MR) is 69.0 cm³/mol. The fourth-order valence-corrected chi connectivity index (χ4v) is 2.62. The molecule has 6 nitrogen and oxygen atoms in total. The van der Waals surface area contributed by atoms with Crippen molar-refractivity contribution in [1.82, 2.24) is 4.90 Å². The number of aliphatic carboxylic acids is 1. The third kappa shape index (κ3) is 3.24. The van der Waals surface area contributed by atoms with E-state index in [1.807, 2.05) is 13.8 Å². The molecule has 0 spiro atoms. The summed E-state index contributed by atoms with van der Waals surface area (Å²) in [5.41, 5.74) is 4.58. The number of primary amides is 1. The fourth-order valence-electron chi connectivity index (χ4n) is 2.62. The van der Waals surface area contributed by atoms with Crippen LogP contribution in [-0.4, -0.2) is 40.9 Å². The van der Waals surface area contributed by atoms with Crippen molar-refractivity contribution in [3.05, 3.63) is 0 Å². The highest BCUT2D eigenvalue weighted by atomic mass is 16.4. The Kier molecular flexibility index (Phi) is 4.22. The van der Waals surface area contributed by atoms with E-state index in [9.17, 15) is 14.4 Å². The summed E-state index contributed by atoms with van der Waals surface area (Å²) in [5.74, 6) is -2.89. The maximum atomic E-state index is 12.4. The van der Waals surface area contributed by atoms with Crippen LogP contribution in [0, 0.1) is 23.2 Å². The first-order valence-electron chi connectivity index (χ1n) is 6.39. The summed E-state index contributed by atoms with van der Waals surface area (Å²) < 4.78 is 0. The Balaban J connectivity index is 2.83. The molecule has 108 valence electrons. The minimum atomic E-state index is -0.966. The van der Waals surface area contributed by atoms with Gasteiger partial charge in [0.25, 0.3) is 0 Å². The van der Waals surface area contributed by atoms with Crippen LogP contribution < -0.4 is 5.73 Å². The molecule has 1 saturated carbocycles. The first-order chi connectivity index (χ1) is 8.59. The molecule has 0 saturated heterocycles. The summed E-state index contributed by atoms with van der Waals surface area (Å²) >= 11 is 0. The summed E-state index contributed by atoms with van der Waals surface area (Å²) in [4.78, 5) is 35.9. The van der Waals surface area contributed by atoms with Crippen LogP contribution in [0.5, 0.6) is 0 Å². The Morgan fingerprint density at radius 2 is 1.79 bits per heavy atom. The van der Waals surface area contributed by atoms with Gasteiger partial charge in [0, 0.05) is 6.54 Å². The molecule has 1 rings (SSSR count). The monoisotopic (exact) mass is 270 g/mol. The van der Waals surface area contributed by atoms with Crippen molar-refractivity contribution >= 4 is 17.8 Å². The summed E-state index contributed by atoms with van der Waals surface area (Å²) in [6.45, 7) is 7.61. The molecule has 0 heterocycles. The van der Waals surface area contributed by atoms with Gasteiger partial charge in [-0.15, -0.1) is 0 Å². The lowest BCUT2D eigenvalue weighted by molar-refractivity contribution is -0.142. The van der Waals surface area contributed by atoms with Gasteiger partial charge in [-0.2, -0.15) is 0 Å². The second-order valence-electron chi connectivity index (χ2n) is 6.19. The Hall–Kier alpha value is -1.59. The Labute approximate surface area is 112 Å². The van der Waals surface area contributed by atoms with Crippen LogP contribution in [0.4, 0.5) is 0 Å². The Bertz CT molecular complexity index is 403. The van der Waals surface area contributed by atoms with Crippen LogP contribution in [0.15, 0.2) is 0 Å². The van der Waals surface area contributed by atoms with Crippen molar-refractivity contribution in [1.29, 1.82) is 0 Å². The maximum Gasteiger partial charge on any atom is 0.307 e. The predicted octanol–water partition coefficient (Wildman–Crippen LogP) is 0.313. The zero-order valence-corrected chi connectivity index (χ0v) is 11.8. The normalized spacial score (nSPS) is 24.1. The van der Waals surface area contributed by atoms with Crippen molar-refractivity contribution in [3.63, 3.8) is 0 Å². The van der Waals surface area contributed by atoms with Gasteiger partial charge in [0.2, 0.25) is 11.8 Å². The number of carbonyl (C=O) groups excluding carboxylic acids is 2. The number of hydrogen-bond acceptors (Lipinski definition) is 3. The van der Waals surface area contributed by atoms with Crippen molar-refractivity contribution in [3.8, 4) is 0 Å². The highest BCUT2D eigenvalue weighted by Crippen LogP contribution is 2.59. The molecule has 3 N–H and O–H groups in total. The molecule has 0 aromatic rings. The number of nitrogens with two attached hydrogens (primary N) is 1. The summed E-state index contributed by atoms with van der Waals surface area (Å²) in [6, 6.07) is 0. The van der Waals surface area contributed by atoms with Gasteiger partial charge in [-0.05, 0) is 11.3 Å². The number of carboxylic acids is 1. The van der Waals surface area contributed by atoms with Crippen LogP contribution >= 0.6 is 0 Å². The summed E-state index contributed by atoms with van der Waals surface area (Å²) in [7, 11) is 0. The lowest BCUT2D eigenvalue weighted by Crippen LogP contribution is -2.42. The van der Waals surface area contributed by atoms with E-state index in [2.05, 4.69) is 0 Å². The molecule has 1 fully saturated rings. The molecular formula is C13H22N2O4. The van der Waals surface area contributed by atoms with Gasteiger partial charge in [0.15, 0.2) is 0 Å². The molecule has 0 bridgehead atoms. The molecule has 2 atom stereocenters. The quantitative estimate of drug-likeness (QED) is 0.725. The lowest BCUT2D eigenvalue weighted by atomic mass is 10.1. The third-order valence-electron chi connectivity index (χ3n) is 3.60. The summed E-state index contributed by atoms with van der Waals surface area (Å²) in [5, 5.41) is 9.09. The van der Waals surface area contributed by atoms with Crippen LogP contribution in [0.3, 0.4) is 0 Å². The molecule has 0 aliphatic heterocycles. The van der Waals surface area contributed by atoms with Crippen LogP contribution in [0.2, 0.25) is 0 Å². The number of carbonyl (C=O) groups is 3. The molecule has 0 aromatic heterocycles. The van der Waals surface area contributed by atoms with Crippen molar-refractivity contribution in [2.24, 2.45) is 28.9 Å². The van der Waals surface area contributed by atoms with Gasteiger partial charge >= 0.3 is 5.97 Å². The second kappa shape index (κ2) is 5.19. The average molecular weight is 270 g/mol. The minimum absolute atomic E-state index is 0.157. The van der Waals surface area contributed by atoms with E-state index in [0.717, 1.165) is 0 Å². The number of hydrogen-bond donors (Lipinski definition) is 2. The average Bonchev–Trinajstić information content (AvgIpc) is 2.78. The topological polar surface area (TPSA) is 101 Å². The van der Waals surface area contributed by atoms with E-state index < -0.39 is 29.1 Å². The van der Waals surface area contributed by atoms with Gasteiger partial charge in [-0.1, -0.05) is 27.7 Å². The molecule has 6 heteroatoms. The number of nitrogens with zero attached hydrogens (tertiary/aromatic N) is 1. The molecule has 1 aliphatic carbocycles. The van der Waals surface area contributed by atoms with Crippen molar-refractivity contribution in [2.45, 2.75) is 27.7 Å². The van der Waals surface area contributed by atoms with Gasteiger partial charge in [-0.25, -0.2) is 0 Å². The zero-order chi connectivity index (χ0) is 15.0. The Morgan fingerprint density at radius 3 is 2.11 bits per heavy atom. The van der Waals surface area contributed by atoms with Crippen LogP contribution in [-0.2, 0) is 14.4 Å². The zero-order valence-electron chi connectivity index (χ0n) is 11.8. The molecule has 2 amide bonds. The fraction of sp³-hybridized carbons (Fsp3) is 0.769. The van der Waals surface area contributed by atoms with E-state index in [-0.39, 0.29) is 18.4 Å².